The third-order valence-corrected chi connectivity index (χ3v) is 5.79. The monoisotopic (exact) mass is 321 g/mol. The number of nitrogens with zero attached hydrogens (tertiary/aromatic N) is 2. The maximum absolute atomic E-state index is 12.7. The number of rotatable bonds is 3. The van der Waals surface area contributed by atoms with Crippen LogP contribution in [0.3, 0.4) is 0 Å². The number of imide groups is 1. The first-order chi connectivity index (χ1) is 11.0. The van der Waals surface area contributed by atoms with Gasteiger partial charge in [0.05, 0.1) is 18.8 Å². The molecule has 4 aliphatic rings. The highest BCUT2D eigenvalue weighted by molar-refractivity contribution is 6.09. The zero-order valence-electron chi connectivity index (χ0n) is 13.4. The SMILES string of the molecule is C[C@]1(C2CC2)NC(=O)N(CC(=O)N2CCO[C@@H]3CCC[C@@H]32)C1=O. The highest BCUT2D eigenvalue weighted by atomic mass is 16.5. The summed E-state index contributed by atoms with van der Waals surface area (Å²) in [6, 6.07) is -0.333. The second-order valence-electron chi connectivity index (χ2n) is 7.29. The van der Waals surface area contributed by atoms with Gasteiger partial charge in [-0.1, -0.05) is 0 Å². The van der Waals surface area contributed by atoms with E-state index in [1.165, 1.54) is 0 Å². The van der Waals surface area contributed by atoms with E-state index in [4.69, 9.17) is 4.74 Å². The molecule has 2 aliphatic heterocycles. The van der Waals surface area contributed by atoms with Gasteiger partial charge in [0.25, 0.3) is 5.91 Å². The predicted molar refractivity (Wildman–Crippen MR) is 80.5 cm³/mol. The average molecular weight is 321 g/mol. The topological polar surface area (TPSA) is 79.0 Å². The van der Waals surface area contributed by atoms with E-state index in [-0.39, 0.29) is 36.4 Å². The van der Waals surface area contributed by atoms with Crippen LogP contribution in [0.2, 0.25) is 0 Å². The van der Waals surface area contributed by atoms with Crippen LogP contribution in [0.5, 0.6) is 0 Å². The summed E-state index contributed by atoms with van der Waals surface area (Å²) in [5, 5.41) is 2.79. The molecule has 0 bridgehead atoms. The summed E-state index contributed by atoms with van der Waals surface area (Å²) in [7, 11) is 0. The second kappa shape index (κ2) is 5.19. The number of fused-ring (bicyclic) bond motifs is 1. The largest absolute Gasteiger partial charge is 0.374 e. The fourth-order valence-electron chi connectivity index (χ4n) is 4.26. The smallest absolute Gasteiger partial charge is 0.325 e. The predicted octanol–water partition coefficient (Wildman–Crippen LogP) is 0.487. The molecule has 126 valence electrons. The van der Waals surface area contributed by atoms with Crippen molar-refractivity contribution in [3.8, 4) is 0 Å². The standard InChI is InChI=1S/C16H23N3O4/c1-16(10-5-6-10)14(21)19(15(22)17-16)9-13(20)18-7-8-23-12-4-2-3-11(12)18/h10-12H,2-9H2,1H3,(H,17,22)/t11-,12+,16+/m0/s1. The van der Waals surface area contributed by atoms with Crippen LogP contribution < -0.4 is 5.32 Å². The van der Waals surface area contributed by atoms with Gasteiger partial charge in [0.1, 0.15) is 12.1 Å². The van der Waals surface area contributed by atoms with Crippen LogP contribution in [0.1, 0.15) is 39.0 Å². The lowest BCUT2D eigenvalue weighted by atomic mass is 9.96. The Morgan fingerprint density at radius 2 is 2.09 bits per heavy atom. The maximum Gasteiger partial charge on any atom is 0.325 e. The first-order valence-corrected chi connectivity index (χ1v) is 8.56. The summed E-state index contributed by atoms with van der Waals surface area (Å²) in [6.07, 6.45) is 5.01. The van der Waals surface area contributed by atoms with E-state index in [0.717, 1.165) is 37.0 Å². The van der Waals surface area contributed by atoms with Crippen molar-refractivity contribution in [2.24, 2.45) is 5.92 Å². The van der Waals surface area contributed by atoms with Gasteiger partial charge in [-0.2, -0.15) is 0 Å². The first-order valence-electron chi connectivity index (χ1n) is 8.56. The van der Waals surface area contributed by atoms with E-state index < -0.39 is 11.6 Å². The number of carbonyl (C=O) groups excluding carboxylic acids is 3. The number of nitrogens with one attached hydrogen (secondary N) is 1. The van der Waals surface area contributed by atoms with E-state index in [9.17, 15) is 14.4 Å². The molecule has 1 N–H and O–H groups in total. The van der Waals surface area contributed by atoms with Crippen molar-refractivity contribution in [1.29, 1.82) is 0 Å². The van der Waals surface area contributed by atoms with Crippen molar-refractivity contribution in [3.05, 3.63) is 0 Å². The Morgan fingerprint density at radius 1 is 1.30 bits per heavy atom. The molecular formula is C16H23N3O4. The van der Waals surface area contributed by atoms with Gasteiger partial charge in [-0.3, -0.25) is 14.5 Å². The van der Waals surface area contributed by atoms with Gasteiger partial charge < -0.3 is 15.0 Å². The molecule has 0 aromatic heterocycles. The molecular weight excluding hydrogens is 298 g/mol. The Balaban J connectivity index is 1.46. The van der Waals surface area contributed by atoms with Crippen molar-refractivity contribution < 1.29 is 19.1 Å². The molecule has 4 amide bonds. The highest BCUT2D eigenvalue weighted by Crippen LogP contribution is 2.42. The molecule has 2 heterocycles. The average Bonchev–Trinajstić information content (AvgIpc) is 3.24. The number of urea groups is 1. The molecule has 2 saturated heterocycles. The lowest BCUT2D eigenvalue weighted by molar-refractivity contribution is -0.147. The summed E-state index contributed by atoms with van der Waals surface area (Å²) in [6.45, 7) is 2.70. The van der Waals surface area contributed by atoms with E-state index in [1.807, 2.05) is 4.90 Å². The number of carbonyl (C=O) groups is 3. The number of morpholine rings is 1. The Morgan fingerprint density at radius 3 is 2.83 bits per heavy atom. The third kappa shape index (κ3) is 2.33. The number of ether oxygens (including phenoxy) is 1. The van der Waals surface area contributed by atoms with Crippen LogP contribution in [0.25, 0.3) is 0 Å². The first kappa shape index (κ1) is 14.9. The molecule has 0 spiro atoms. The van der Waals surface area contributed by atoms with Gasteiger partial charge in [-0.15, -0.1) is 0 Å². The summed E-state index contributed by atoms with van der Waals surface area (Å²) in [4.78, 5) is 40.4. The number of hydrogen-bond acceptors (Lipinski definition) is 4. The van der Waals surface area contributed by atoms with Crippen LogP contribution in [0, 0.1) is 5.92 Å². The van der Waals surface area contributed by atoms with Crippen LogP contribution >= 0.6 is 0 Å². The minimum atomic E-state index is -0.821. The molecule has 4 rings (SSSR count). The zero-order valence-corrected chi connectivity index (χ0v) is 13.4. The minimum absolute atomic E-state index is 0.104. The van der Waals surface area contributed by atoms with Crippen LogP contribution in [-0.4, -0.2) is 65.0 Å². The number of hydrogen-bond donors (Lipinski definition) is 1. The Labute approximate surface area is 135 Å². The molecule has 2 saturated carbocycles. The van der Waals surface area contributed by atoms with Crippen molar-refractivity contribution in [2.75, 3.05) is 19.7 Å². The highest BCUT2D eigenvalue weighted by Gasteiger charge is 2.56. The van der Waals surface area contributed by atoms with Gasteiger partial charge in [-0.05, 0) is 44.9 Å². The Bertz CT molecular complexity index is 562. The molecule has 23 heavy (non-hydrogen) atoms. The molecule has 3 atom stereocenters. The quantitative estimate of drug-likeness (QED) is 0.767. The van der Waals surface area contributed by atoms with Crippen molar-refractivity contribution in [1.82, 2.24) is 15.1 Å². The summed E-state index contributed by atoms with van der Waals surface area (Å²) < 4.78 is 5.71. The fraction of sp³-hybridized carbons (Fsp3) is 0.812. The van der Waals surface area contributed by atoms with E-state index in [1.54, 1.807) is 6.92 Å². The van der Waals surface area contributed by atoms with E-state index in [0.29, 0.717) is 13.2 Å². The lowest BCUT2D eigenvalue weighted by Crippen LogP contribution is -2.54. The van der Waals surface area contributed by atoms with E-state index >= 15 is 0 Å². The molecule has 0 aromatic carbocycles. The minimum Gasteiger partial charge on any atom is -0.374 e. The maximum atomic E-state index is 12.7. The van der Waals surface area contributed by atoms with Crippen LogP contribution in [0.4, 0.5) is 4.79 Å². The molecule has 7 nitrogen and oxygen atoms in total. The van der Waals surface area contributed by atoms with Gasteiger partial charge in [0.15, 0.2) is 0 Å². The second-order valence-corrected chi connectivity index (χ2v) is 7.29. The van der Waals surface area contributed by atoms with Gasteiger partial charge in [-0.25, -0.2) is 4.79 Å². The van der Waals surface area contributed by atoms with E-state index in [2.05, 4.69) is 5.32 Å². The van der Waals surface area contributed by atoms with Crippen molar-refractivity contribution >= 4 is 17.8 Å². The van der Waals surface area contributed by atoms with Gasteiger partial charge in [0, 0.05) is 6.54 Å². The third-order valence-electron chi connectivity index (χ3n) is 5.79. The van der Waals surface area contributed by atoms with Crippen LogP contribution in [-0.2, 0) is 14.3 Å². The lowest BCUT2D eigenvalue weighted by Gasteiger charge is -2.38. The molecule has 0 aromatic rings. The molecule has 0 unspecified atom stereocenters. The number of amides is 4. The molecule has 4 fully saturated rings. The van der Waals surface area contributed by atoms with Gasteiger partial charge >= 0.3 is 6.03 Å². The van der Waals surface area contributed by atoms with Gasteiger partial charge in [0.2, 0.25) is 5.91 Å². The molecule has 2 aliphatic carbocycles. The normalized spacial score (nSPS) is 37.1. The van der Waals surface area contributed by atoms with Crippen molar-refractivity contribution in [2.45, 2.75) is 56.7 Å². The summed E-state index contributed by atoms with van der Waals surface area (Å²) >= 11 is 0. The zero-order chi connectivity index (χ0) is 16.2. The molecule has 0 radical (unpaired) electrons. The summed E-state index contributed by atoms with van der Waals surface area (Å²) in [5.41, 5.74) is -0.821. The Kier molecular flexibility index (Phi) is 3.37. The van der Waals surface area contributed by atoms with Crippen LogP contribution in [0.15, 0.2) is 0 Å². The Hall–Kier alpha value is -1.63. The van der Waals surface area contributed by atoms with Crippen molar-refractivity contribution in [3.63, 3.8) is 0 Å². The molecule has 7 heteroatoms. The fourth-order valence-corrected chi connectivity index (χ4v) is 4.26. The summed E-state index contributed by atoms with van der Waals surface area (Å²) in [5.74, 6) is -0.190.